The van der Waals surface area contributed by atoms with E-state index < -0.39 is 10.1 Å². The van der Waals surface area contributed by atoms with Gasteiger partial charge in [-0.2, -0.15) is 13.7 Å². The third-order valence-corrected chi connectivity index (χ3v) is 8.13. The van der Waals surface area contributed by atoms with E-state index in [-0.39, 0.29) is 5.91 Å². The number of benzene rings is 2. The van der Waals surface area contributed by atoms with Crippen LogP contribution in [0.3, 0.4) is 0 Å². The molecule has 0 unspecified atom stereocenters. The highest BCUT2D eigenvalue weighted by atomic mass is 32.2. The standard InChI is InChI=1S/C31H32N6O.CH4O3S/c1-20-15-21(2)26(31(38)37-13-9-24(10-14-37)23-7-5-22(18-32)6-8-23)16-25(20)30-34-27-17-29(33-19-28(27)35-30)36-11-3-4-12-36;1-5(2,3)4/h5-8,15-17,19,24H,3-4,9-14H2,1-2H3,(H,34,35);1H3,(H,2,3,4). The van der Waals surface area contributed by atoms with Crippen LogP contribution in [-0.4, -0.2) is 71.2 Å². The van der Waals surface area contributed by atoms with Gasteiger partial charge in [0.15, 0.2) is 0 Å². The van der Waals surface area contributed by atoms with Crippen LogP contribution in [-0.2, 0) is 10.1 Å². The van der Waals surface area contributed by atoms with Crippen molar-refractivity contribution >= 4 is 32.9 Å². The minimum absolute atomic E-state index is 0.0797. The number of amides is 1. The zero-order valence-corrected chi connectivity index (χ0v) is 25.5. The molecule has 11 heteroatoms. The summed E-state index contributed by atoms with van der Waals surface area (Å²) in [6.45, 7) is 7.62. The predicted octanol–water partition coefficient (Wildman–Crippen LogP) is 5.24. The van der Waals surface area contributed by atoms with Crippen molar-refractivity contribution in [1.82, 2.24) is 19.9 Å². The highest BCUT2D eigenvalue weighted by Crippen LogP contribution is 2.32. The van der Waals surface area contributed by atoms with Gasteiger partial charge in [0, 0.05) is 43.4 Å². The van der Waals surface area contributed by atoms with Crippen LogP contribution in [0.1, 0.15) is 64.2 Å². The van der Waals surface area contributed by atoms with E-state index in [2.05, 4.69) is 40.0 Å². The lowest BCUT2D eigenvalue weighted by Gasteiger charge is -2.32. The quantitative estimate of drug-likeness (QED) is 0.303. The number of carbonyl (C=O) groups excluding carboxylic acids is 1. The molecule has 0 aliphatic carbocycles. The van der Waals surface area contributed by atoms with E-state index in [9.17, 15) is 13.2 Å². The number of fused-ring (bicyclic) bond motifs is 1. The van der Waals surface area contributed by atoms with E-state index in [1.807, 2.05) is 48.4 Å². The third-order valence-electron chi connectivity index (χ3n) is 8.13. The number of hydrogen-bond donors (Lipinski definition) is 2. The van der Waals surface area contributed by atoms with Crippen molar-refractivity contribution in [2.75, 3.05) is 37.3 Å². The topological polar surface area (TPSA) is 143 Å². The smallest absolute Gasteiger partial charge is 0.261 e. The number of hydrogen-bond acceptors (Lipinski definition) is 7. The number of H-pyrrole nitrogens is 1. The van der Waals surface area contributed by atoms with Crippen LogP contribution in [0.15, 0.2) is 48.7 Å². The van der Waals surface area contributed by atoms with Crippen molar-refractivity contribution in [1.29, 1.82) is 5.26 Å². The number of nitriles is 1. The van der Waals surface area contributed by atoms with Gasteiger partial charge in [0.2, 0.25) is 0 Å². The molecule has 0 spiro atoms. The first-order chi connectivity index (χ1) is 20.5. The Morgan fingerprint density at radius 3 is 2.30 bits per heavy atom. The molecule has 6 rings (SSSR count). The van der Waals surface area contributed by atoms with Crippen LogP contribution >= 0.6 is 0 Å². The first-order valence-corrected chi connectivity index (χ1v) is 16.3. The van der Waals surface area contributed by atoms with Gasteiger partial charge in [-0.05, 0) is 80.3 Å². The van der Waals surface area contributed by atoms with Gasteiger partial charge in [0.25, 0.3) is 16.0 Å². The normalized spacial score (nSPS) is 15.7. The van der Waals surface area contributed by atoms with E-state index in [0.29, 0.717) is 17.7 Å². The van der Waals surface area contributed by atoms with Crippen molar-refractivity contribution in [3.05, 3.63) is 76.5 Å². The number of nitrogens with zero attached hydrogens (tertiary/aromatic N) is 5. The van der Waals surface area contributed by atoms with E-state index >= 15 is 0 Å². The van der Waals surface area contributed by atoms with Gasteiger partial charge in [-0.25, -0.2) is 9.97 Å². The number of aryl methyl sites for hydroxylation is 2. The molecule has 2 aromatic heterocycles. The molecule has 0 atom stereocenters. The van der Waals surface area contributed by atoms with Crippen molar-refractivity contribution in [3.63, 3.8) is 0 Å². The second kappa shape index (κ2) is 12.5. The van der Waals surface area contributed by atoms with Crippen LogP contribution in [0.4, 0.5) is 5.82 Å². The summed E-state index contributed by atoms with van der Waals surface area (Å²) in [5.74, 6) is 2.24. The monoisotopic (exact) mass is 600 g/mol. The number of pyridine rings is 1. The van der Waals surface area contributed by atoms with Crippen LogP contribution in [0.5, 0.6) is 0 Å². The highest BCUT2D eigenvalue weighted by Gasteiger charge is 2.26. The Morgan fingerprint density at radius 1 is 1.02 bits per heavy atom. The molecule has 2 fully saturated rings. The molecule has 2 N–H and O–H groups in total. The zero-order chi connectivity index (χ0) is 30.7. The average molecular weight is 601 g/mol. The predicted molar refractivity (Wildman–Crippen MR) is 167 cm³/mol. The maximum absolute atomic E-state index is 13.6. The second-order valence-corrected chi connectivity index (χ2v) is 12.8. The molecule has 2 aliphatic rings. The van der Waals surface area contributed by atoms with Crippen LogP contribution in [0, 0.1) is 25.2 Å². The minimum Gasteiger partial charge on any atom is -0.357 e. The zero-order valence-electron chi connectivity index (χ0n) is 24.7. The lowest BCUT2D eigenvalue weighted by molar-refractivity contribution is 0.0712. The summed E-state index contributed by atoms with van der Waals surface area (Å²) < 4.78 is 25.9. The molecule has 0 saturated carbocycles. The lowest BCUT2D eigenvalue weighted by Crippen LogP contribution is -2.38. The van der Waals surface area contributed by atoms with Gasteiger partial charge in [-0.1, -0.05) is 18.2 Å². The first-order valence-electron chi connectivity index (χ1n) is 14.4. The molecule has 2 aromatic carbocycles. The average Bonchev–Trinajstić information content (AvgIpc) is 3.66. The summed E-state index contributed by atoms with van der Waals surface area (Å²) in [5.41, 5.74) is 7.49. The number of rotatable bonds is 4. The molecule has 43 heavy (non-hydrogen) atoms. The van der Waals surface area contributed by atoms with Crippen molar-refractivity contribution in [3.8, 4) is 17.5 Å². The van der Waals surface area contributed by atoms with E-state index in [4.69, 9.17) is 14.8 Å². The molecule has 2 aliphatic heterocycles. The van der Waals surface area contributed by atoms with E-state index in [1.54, 1.807) is 0 Å². The van der Waals surface area contributed by atoms with Crippen molar-refractivity contribution < 1.29 is 17.8 Å². The summed E-state index contributed by atoms with van der Waals surface area (Å²) in [4.78, 5) is 30.9. The number of anilines is 1. The molecule has 1 amide bonds. The Morgan fingerprint density at radius 2 is 1.67 bits per heavy atom. The SMILES string of the molecule is CS(=O)(=O)O.Cc1cc(C)c(-c2nc3cc(N4CCCC4)ncc3[nH]2)cc1C(=O)N1CCC(c2ccc(C#N)cc2)CC1. The molecule has 0 bridgehead atoms. The number of carbonyl (C=O) groups is 1. The molecule has 0 radical (unpaired) electrons. The number of aromatic nitrogens is 3. The molecule has 4 aromatic rings. The Hall–Kier alpha value is -4.27. The van der Waals surface area contributed by atoms with Crippen molar-refractivity contribution in [2.24, 2.45) is 0 Å². The molecule has 224 valence electrons. The third kappa shape index (κ3) is 7.21. The summed E-state index contributed by atoms with van der Waals surface area (Å²) in [5, 5.41) is 9.06. The Labute approximate surface area is 252 Å². The fourth-order valence-corrected chi connectivity index (χ4v) is 5.90. The van der Waals surface area contributed by atoms with Crippen molar-refractivity contribution in [2.45, 2.75) is 45.4 Å². The molecular weight excluding hydrogens is 564 g/mol. The summed E-state index contributed by atoms with van der Waals surface area (Å²) in [7, 11) is -3.67. The summed E-state index contributed by atoms with van der Waals surface area (Å²) in [6.07, 6.45) is 6.84. The van der Waals surface area contributed by atoms with Gasteiger partial charge in [0.05, 0.1) is 35.1 Å². The van der Waals surface area contributed by atoms with Gasteiger partial charge in [-0.15, -0.1) is 0 Å². The Kier molecular flexibility index (Phi) is 8.80. The summed E-state index contributed by atoms with van der Waals surface area (Å²) in [6, 6.07) is 16.2. The van der Waals surface area contributed by atoms with E-state index in [0.717, 1.165) is 84.0 Å². The highest BCUT2D eigenvalue weighted by molar-refractivity contribution is 7.85. The number of piperidine rings is 1. The molecule has 2 saturated heterocycles. The minimum atomic E-state index is -3.67. The molecule has 4 heterocycles. The largest absolute Gasteiger partial charge is 0.357 e. The Bertz CT molecular complexity index is 1770. The van der Waals surface area contributed by atoms with E-state index in [1.165, 1.54) is 18.4 Å². The fourth-order valence-electron chi connectivity index (χ4n) is 5.90. The van der Waals surface area contributed by atoms with Gasteiger partial charge in [0.1, 0.15) is 11.6 Å². The van der Waals surface area contributed by atoms with Gasteiger partial charge < -0.3 is 14.8 Å². The maximum atomic E-state index is 13.6. The maximum Gasteiger partial charge on any atom is 0.261 e. The number of likely N-dealkylation sites (tertiary alicyclic amines) is 1. The number of imidazole rings is 1. The van der Waals surface area contributed by atoms with Crippen LogP contribution in [0.2, 0.25) is 0 Å². The lowest BCUT2D eigenvalue weighted by atomic mass is 9.88. The summed E-state index contributed by atoms with van der Waals surface area (Å²) >= 11 is 0. The number of aromatic amines is 1. The second-order valence-electron chi connectivity index (χ2n) is 11.4. The van der Waals surface area contributed by atoms with Gasteiger partial charge in [-0.3, -0.25) is 9.35 Å². The fraction of sp³-hybridized carbons (Fsp3) is 0.375. The molecular formula is C32H36N6O4S. The number of nitrogens with one attached hydrogen (secondary N) is 1. The first kappa shape index (κ1) is 30.2. The van der Waals surface area contributed by atoms with Crippen LogP contribution < -0.4 is 4.90 Å². The Balaban J connectivity index is 0.000000682. The molecule has 10 nitrogen and oxygen atoms in total. The van der Waals surface area contributed by atoms with Gasteiger partial charge >= 0.3 is 0 Å². The van der Waals surface area contributed by atoms with Crippen LogP contribution in [0.25, 0.3) is 22.4 Å².